The Hall–Kier alpha value is -1.81. The number of nitrogens with two attached hydrogens (primary N) is 1. The minimum absolute atomic E-state index is 0.236. The van der Waals surface area contributed by atoms with Crippen LogP contribution in [-0.2, 0) is 4.79 Å². The molecule has 0 aliphatic heterocycles. The summed E-state index contributed by atoms with van der Waals surface area (Å²) in [6, 6.07) is 6.76. The van der Waals surface area contributed by atoms with Gasteiger partial charge < -0.3 is 15.8 Å². The predicted molar refractivity (Wildman–Crippen MR) is 78.2 cm³/mol. The van der Waals surface area contributed by atoms with Crippen molar-refractivity contribution in [1.82, 2.24) is 0 Å². The van der Waals surface area contributed by atoms with Crippen LogP contribution in [0.3, 0.4) is 0 Å². The van der Waals surface area contributed by atoms with Crippen LogP contribution in [0.25, 0.3) is 0 Å². The predicted octanol–water partition coefficient (Wildman–Crippen LogP) is 2.56. The summed E-state index contributed by atoms with van der Waals surface area (Å²) in [5.41, 5.74) is 6.37. The van der Waals surface area contributed by atoms with E-state index < -0.39 is 6.04 Å². The van der Waals surface area contributed by atoms with E-state index in [2.05, 4.69) is 25.7 Å². The van der Waals surface area contributed by atoms with E-state index in [4.69, 9.17) is 10.5 Å². The first kappa shape index (κ1) is 15.2. The van der Waals surface area contributed by atoms with Gasteiger partial charge in [0.1, 0.15) is 5.75 Å². The van der Waals surface area contributed by atoms with Gasteiger partial charge in [0.25, 0.3) is 0 Å². The van der Waals surface area contributed by atoms with E-state index in [9.17, 15) is 4.79 Å². The van der Waals surface area contributed by atoms with Crippen LogP contribution in [0.15, 0.2) is 36.9 Å². The van der Waals surface area contributed by atoms with E-state index in [0.29, 0.717) is 30.4 Å². The molecule has 4 nitrogen and oxygen atoms in total. The lowest BCUT2D eigenvalue weighted by molar-refractivity contribution is -0.117. The highest BCUT2D eigenvalue weighted by molar-refractivity contribution is 5.96. The fraction of sp³-hybridized carbons (Fsp3) is 0.400. The SMILES string of the molecule is C=CCC(N)C(=O)Nc1ccccc1OCC(C)C. The average Bonchev–Trinajstić information content (AvgIpc) is 2.37. The number of carbonyl (C=O) groups is 1. The molecule has 0 aliphatic carbocycles. The summed E-state index contributed by atoms with van der Waals surface area (Å²) in [6.07, 6.45) is 2.08. The van der Waals surface area contributed by atoms with Crippen molar-refractivity contribution in [3.8, 4) is 5.75 Å². The van der Waals surface area contributed by atoms with Crippen LogP contribution in [0.5, 0.6) is 5.75 Å². The number of hydrogen-bond donors (Lipinski definition) is 2. The van der Waals surface area contributed by atoms with Crippen LogP contribution >= 0.6 is 0 Å². The third kappa shape index (κ3) is 5.14. The van der Waals surface area contributed by atoms with Gasteiger partial charge in [-0.3, -0.25) is 4.79 Å². The number of para-hydroxylation sites is 2. The van der Waals surface area contributed by atoms with E-state index in [1.54, 1.807) is 12.1 Å². The van der Waals surface area contributed by atoms with Crippen LogP contribution in [0.4, 0.5) is 5.69 Å². The molecule has 0 fully saturated rings. The van der Waals surface area contributed by atoms with Crippen molar-refractivity contribution in [2.75, 3.05) is 11.9 Å². The second-order valence-corrected chi connectivity index (χ2v) is 4.82. The molecule has 0 saturated heterocycles. The molecule has 0 bridgehead atoms. The summed E-state index contributed by atoms with van der Waals surface area (Å²) in [5, 5.41) is 2.78. The van der Waals surface area contributed by atoms with Crippen molar-refractivity contribution in [2.45, 2.75) is 26.3 Å². The molecule has 1 aromatic carbocycles. The average molecular weight is 262 g/mol. The zero-order valence-corrected chi connectivity index (χ0v) is 11.6. The lowest BCUT2D eigenvalue weighted by atomic mass is 10.2. The standard InChI is InChI=1S/C15H22N2O2/c1-4-7-12(16)15(18)17-13-8-5-6-9-14(13)19-10-11(2)3/h4-6,8-9,11-12H,1,7,10,16H2,2-3H3,(H,17,18). The van der Waals surface area contributed by atoms with Gasteiger partial charge in [-0.15, -0.1) is 6.58 Å². The molecule has 1 aromatic rings. The van der Waals surface area contributed by atoms with Crippen LogP contribution in [0, 0.1) is 5.92 Å². The Kier molecular flexibility index (Phi) is 6.09. The van der Waals surface area contributed by atoms with E-state index in [-0.39, 0.29) is 5.91 Å². The summed E-state index contributed by atoms with van der Waals surface area (Å²) in [6.45, 7) is 8.32. The molecule has 19 heavy (non-hydrogen) atoms. The topological polar surface area (TPSA) is 64.4 Å². The Morgan fingerprint density at radius 3 is 2.79 bits per heavy atom. The molecule has 1 amide bonds. The number of amides is 1. The molecule has 1 rings (SSSR count). The van der Waals surface area contributed by atoms with Crippen LogP contribution < -0.4 is 15.8 Å². The highest BCUT2D eigenvalue weighted by Gasteiger charge is 2.14. The Morgan fingerprint density at radius 2 is 2.16 bits per heavy atom. The molecule has 0 aromatic heterocycles. The first-order chi connectivity index (χ1) is 9.04. The third-order valence-corrected chi connectivity index (χ3v) is 2.47. The molecule has 104 valence electrons. The van der Waals surface area contributed by atoms with Crippen LogP contribution in [0.1, 0.15) is 20.3 Å². The van der Waals surface area contributed by atoms with E-state index in [0.717, 1.165) is 0 Å². The Labute approximate surface area is 114 Å². The maximum Gasteiger partial charge on any atom is 0.241 e. The summed E-state index contributed by atoms with van der Waals surface area (Å²) in [4.78, 5) is 11.9. The number of benzene rings is 1. The van der Waals surface area contributed by atoms with Gasteiger partial charge in [0.15, 0.2) is 0 Å². The normalized spacial score (nSPS) is 12.0. The summed E-state index contributed by atoms with van der Waals surface area (Å²) in [5.74, 6) is 0.850. The number of anilines is 1. The zero-order chi connectivity index (χ0) is 14.3. The van der Waals surface area contributed by atoms with Crippen molar-refractivity contribution in [3.05, 3.63) is 36.9 Å². The number of hydrogen-bond acceptors (Lipinski definition) is 3. The highest BCUT2D eigenvalue weighted by atomic mass is 16.5. The largest absolute Gasteiger partial charge is 0.491 e. The van der Waals surface area contributed by atoms with Crippen LogP contribution in [0.2, 0.25) is 0 Å². The number of carbonyl (C=O) groups excluding carboxylic acids is 1. The second kappa shape index (κ2) is 7.59. The first-order valence-electron chi connectivity index (χ1n) is 6.43. The van der Waals surface area contributed by atoms with Gasteiger partial charge in [-0.1, -0.05) is 32.1 Å². The maximum absolute atomic E-state index is 11.9. The summed E-state index contributed by atoms with van der Waals surface area (Å²) >= 11 is 0. The van der Waals surface area contributed by atoms with E-state index in [1.165, 1.54) is 0 Å². The monoisotopic (exact) mass is 262 g/mol. The quantitative estimate of drug-likeness (QED) is 0.742. The molecule has 0 heterocycles. The molecule has 1 atom stereocenters. The van der Waals surface area contributed by atoms with Crippen molar-refractivity contribution < 1.29 is 9.53 Å². The Morgan fingerprint density at radius 1 is 1.47 bits per heavy atom. The van der Waals surface area contributed by atoms with Gasteiger partial charge >= 0.3 is 0 Å². The summed E-state index contributed by atoms with van der Waals surface area (Å²) in [7, 11) is 0. The van der Waals surface area contributed by atoms with Crippen molar-refractivity contribution in [2.24, 2.45) is 11.7 Å². The first-order valence-corrected chi connectivity index (χ1v) is 6.43. The number of rotatable bonds is 7. The minimum atomic E-state index is -0.587. The van der Waals surface area contributed by atoms with Crippen molar-refractivity contribution in [1.29, 1.82) is 0 Å². The lowest BCUT2D eigenvalue weighted by Gasteiger charge is -2.15. The third-order valence-electron chi connectivity index (χ3n) is 2.47. The minimum Gasteiger partial charge on any atom is -0.491 e. The van der Waals surface area contributed by atoms with Gasteiger partial charge in [-0.25, -0.2) is 0 Å². The Bertz CT molecular complexity index is 430. The highest BCUT2D eigenvalue weighted by Crippen LogP contribution is 2.24. The molecule has 0 spiro atoms. The molecule has 3 N–H and O–H groups in total. The van der Waals surface area contributed by atoms with Gasteiger partial charge in [0.05, 0.1) is 18.3 Å². The molecule has 4 heteroatoms. The smallest absolute Gasteiger partial charge is 0.241 e. The maximum atomic E-state index is 11.9. The van der Waals surface area contributed by atoms with Crippen molar-refractivity contribution >= 4 is 11.6 Å². The molecular formula is C15H22N2O2. The molecule has 0 saturated carbocycles. The molecule has 0 radical (unpaired) electrons. The lowest BCUT2D eigenvalue weighted by Crippen LogP contribution is -2.35. The zero-order valence-electron chi connectivity index (χ0n) is 11.6. The van der Waals surface area contributed by atoms with Gasteiger partial charge in [-0.05, 0) is 24.5 Å². The summed E-state index contributed by atoms with van der Waals surface area (Å²) < 4.78 is 5.66. The van der Waals surface area contributed by atoms with Gasteiger partial charge in [-0.2, -0.15) is 0 Å². The van der Waals surface area contributed by atoms with Crippen molar-refractivity contribution in [3.63, 3.8) is 0 Å². The Balaban J connectivity index is 2.71. The fourth-order valence-corrected chi connectivity index (χ4v) is 1.46. The molecule has 0 aliphatic rings. The van der Waals surface area contributed by atoms with E-state index >= 15 is 0 Å². The van der Waals surface area contributed by atoms with E-state index in [1.807, 2.05) is 18.2 Å². The fourth-order valence-electron chi connectivity index (χ4n) is 1.46. The molecule has 1 unspecified atom stereocenters. The molecular weight excluding hydrogens is 240 g/mol. The second-order valence-electron chi connectivity index (χ2n) is 4.82. The van der Waals surface area contributed by atoms with Crippen LogP contribution in [-0.4, -0.2) is 18.6 Å². The number of ether oxygens (including phenoxy) is 1. The van der Waals surface area contributed by atoms with Gasteiger partial charge in [0.2, 0.25) is 5.91 Å². The van der Waals surface area contributed by atoms with Gasteiger partial charge in [0, 0.05) is 0 Å². The number of nitrogens with one attached hydrogen (secondary N) is 1.